The monoisotopic (exact) mass is 212 g/mol. The lowest BCUT2D eigenvalue weighted by Crippen LogP contribution is -2.42. The quantitative estimate of drug-likeness (QED) is 0.742. The molecule has 3 heteroatoms. The summed E-state index contributed by atoms with van der Waals surface area (Å²) in [6.45, 7) is 8.31. The van der Waals surface area contributed by atoms with Crippen molar-refractivity contribution in [2.75, 3.05) is 13.1 Å². The Morgan fingerprint density at radius 3 is 2.87 bits per heavy atom. The first-order valence-corrected chi connectivity index (χ1v) is 6.10. The van der Waals surface area contributed by atoms with Gasteiger partial charge in [-0.1, -0.05) is 13.8 Å². The molecular formula is C12H24N2O. The van der Waals surface area contributed by atoms with Gasteiger partial charge in [0.05, 0.1) is 0 Å². The Bertz CT molecular complexity index is 204. The predicted molar refractivity (Wildman–Crippen MR) is 62.7 cm³/mol. The molecule has 0 spiro atoms. The van der Waals surface area contributed by atoms with Crippen LogP contribution < -0.4 is 10.6 Å². The number of piperidine rings is 1. The topological polar surface area (TPSA) is 41.1 Å². The van der Waals surface area contributed by atoms with Crippen LogP contribution >= 0.6 is 0 Å². The van der Waals surface area contributed by atoms with E-state index >= 15 is 0 Å². The van der Waals surface area contributed by atoms with E-state index in [4.69, 9.17) is 0 Å². The zero-order chi connectivity index (χ0) is 11.3. The van der Waals surface area contributed by atoms with E-state index in [1.807, 2.05) is 0 Å². The molecule has 0 aliphatic carbocycles. The van der Waals surface area contributed by atoms with Crippen molar-refractivity contribution in [1.82, 2.24) is 10.6 Å². The van der Waals surface area contributed by atoms with E-state index in [1.165, 1.54) is 0 Å². The lowest BCUT2D eigenvalue weighted by Gasteiger charge is -2.27. The van der Waals surface area contributed by atoms with Crippen molar-refractivity contribution in [2.45, 2.75) is 46.1 Å². The van der Waals surface area contributed by atoms with Crippen molar-refractivity contribution in [1.29, 1.82) is 0 Å². The van der Waals surface area contributed by atoms with Gasteiger partial charge in [0.25, 0.3) is 0 Å². The highest BCUT2D eigenvalue weighted by molar-refractivity contribution is 5.78. The maximum Gasteiger partial charge on any atom is 0.223 e. The molecule has 88 valence electrons. The highest BCUT2D eigenvalue weighted by atomic mass is 16.1. The molecule has 1 aliphatic rings. The van der Waals surface area contributed by atoms with Crippen LogP contribution in [0.5, 0.6) is 0 Å². The largest absolute Gasteiger partial charge is 0.356 e. The van der Waals surface area contributed by atoms with E-state index in [9.17, 15) is 4.79 Å². The summed E-state index contributed by atoms with van der Waals surface area (Å²) in [5.74, 6) is 1.15. The first-order valence-electron chi connectivity index (χ1n) is 6.10. The van der Waals surface area contributed by atoms with E-state index in [1.54, 1.807) is 0 Å². The Balaban J connectivity index is 2.21. The maximum absolute atomic E-state index is 11.8. The average molecular weight is 212 g/mol. The molecule has 0 unspecified atom stereocenters. The van der Waals surface area contributed by atoms with Gasteiger partial charge in [-0.05, 0) is 38.6 Å². The maximum atomic E-state index is 11.8. The molecule has 2 N–H and O–H groups in total. The van der Waals surface area contributed by atoms with Crippen LogP contribution in [0.15, 0.2) is 0 Å². The van der Waals surface area contributed by atoms with Gasteiger partial charge in [0, 0.05) is 18.5 Å². The lowest BCUT2D eigenvalue weighted by atomic mass is 9.92. The molecule has 0 radical (unpaired) electrons. The second-order valence-corrected chi connectivity index (χ2v) is 5.05. The van der Waals surface area contributed by atoms with Crippen LogP contribution in [0.1, 0.15) is 40.0 Å². The van der Waals surface area contributed by atoms with Crippen molar-refractivity contribution in [2.24, 2.45) is 11.8 Å². The zero-order valence-electron chi connectivity index (χ0n) is 10.2. The number of hydrogen-bond acceptors (Lipinski definition) is 2. The highest BCUT2D eigenvalue weighted by Gasteiger charge is 2.24. The van der Waals surface area contributed by atoms with Gasteiger partial charge in [0.15, 0.2) is 0 Å². The van der Waals surface area contributed by atoms with Crippen LogP contribution in [0.4, 0.5) is 0 Å². The number of hydrogen-bond donors (Lipinski definition) is 2. The minimum Gasteiger partial charge on any atom is -0.356 e. The van der Waals surface area contributed by atoms with E-state index < -0.39 is 0 Å². The number of rotatable bonds is 4. The molecule has 3 nitrogen and oxygen atoms in total. The molecule has 1 heterocycles. The normalized spacial score (nSPS) is 26.7. The third-order valence-electron chi connectivity index (χ3n) is 3.02. The number of amides is 1. The summed E-state index contributed by atoms with van der Waals surface area (Å²) < 4.78 is 0. The summed E-state index contributed by atoms with van der Waals surface area (Å²) in [6.07, 6.45) is 3.04. The Morgan fingerprint density at radius 2 is 2.27 bits per heavy atom. The van der Waals surface area contributed by atoms with Crippen LogP contribution in [0.2, 0.25) is 0 Å². The summed E-state index contributed by atoms with van der Waals surface area (Å²) in [5, 5.41) is 6.40. The molecule has 0 aromatic rings. The van der Waals surface area contributed by atoms with E-state index in [2.05, 4.69) is 31.4 Å². The van der Waals surface area contributed by atoms with Crippen LogP contribution in [-0.4, -0.2) is 25.0 Å². The minimum absolute atomic E-state index is 0.230. The second kappa shape index (κ2) is 6.11. The van der Waals surface area contributed by atoms with Crippen LogP contribution in [0.25, 0.3) is 0 Å². The second-order valence-electron chi connectivity index (χ2n) is 5.05. The molecule has 1 saturated heterocycles. The summed E-state index contributed by atoms with van der Waals surface area (Å²) in [4.78, 5) is 11.8. The van der Waals surface area contributed by atoms with Crippen molar-refractivity contribution in [3.8, 4) is 0 Å². The Labute approximate surface area is 93.0 Å². The molecule has 0 aromatic heterocycles. The van der Waals surface area contributed by atoms with Gasteiger partial charge in [0.2, 0.25) is 5.91 Å². The molecule has 1 rings (SSSR count). The first-order chi connectivity index (χ1) is 7.09. The standard InChI is InChI=1S/C12H24N2O/c1-9(2)4-6-14-12(15)11-5-7-13-10(3)8-11/h9-11,13H,4-8H2,1-3H3,(H,14,15)/t10-,11-/m0/s1. The van der Waals surface area contributed by atoms with Crippen molar-refractivity contribution in [3.63, 3.8) is 0 Å². The van der Waals surface area contributed by atoms with Crippen LogP contribution in [0, 0.1) is 11.8 Å². The molecule has 0 bridgehead atoms. The molecule has 2 atom stereocenters. The summed E-state index contributed by atoms with van der Waals surface area (Å²) >= 11 is 0. The summed E-state index contributed by atoms with van der Waals surface area (Å²) in [7, 11) is 0. The van der Waals surface area contributed by atoms with Gasteiger partial charge in [-0.25, -0.2) is 0 Å². The van der Waals surface area contributed by atoms with Gasteiger partial charge < -0.3 is 10.6 Å². The van der Waals surface area contributed by atoms with E-state index in [0.717, 1.165) is 32.4 Å². The molecule has 1 fully saturated rings. The minimum atomic E-state index is 0.230. The zero-order valence-corrected chi connectivity index (χ0v) is 10.2. The molecular weight excluding hydrogens is 188 g/mol. The van der Waals surface area contributed by atoms with Gasteiger partial charge in [-0.3, -0.25) is 4.79 Å². The van der Waals surface area contributed by atoms with Crippen LogP contribution in [0.3, 0.4) is 0 Å². The van der Waals surface area contributed by atoms with E-state index in [0.29, 0.717) is 12.0 Å². The summed E-state index contributed by atoms with van der Waals surface area (Å²) in [6, 6.07) is 0.486. The summed E-state index contributed by atoms with van der Waals surface area (Å²) in [5.41, 5.74) is 0. The molecule has 15 heavy (non-hydrogen) atoms. The van der Waals surface area contributed by atoms with Crippen LogP contribution in [-0.2, 0) is 4.79 Å². The fourth-order valence-corrected chi connectivity index (χ4v) is 2.00. The van der Waals surface area contributed by atoms with Gasteiger partial charge in [0.1, 0.15) is 0 Å². The molecule has 0 saturated carbocycles. The van der Waals surface area contributed by atoms with Crippen molar-refractivity contribution in [3.05, 3.63) is 0 Å². The Hall–Kier alpha value is -0.570. The average Bonchev–Trinajstić information content (AvgIpc) is 2.17. The molecule has 0 aromatic carbocycles. The molecule has 1 aliphatic heterocycles. The Kier molecular flexibility index (Phi) is 5.09. The lowest BCUT2D eigenvalue weighted by molar-refractivity contribution is -0.126. The van der Waals surface area contributed by atoms with Crippen molar-refractivity contribution < 1.29 is 4.79 Å². The van der Waals surface area contributed by atoms with Gasteiger partial charge in [-0.2, -0.15) is 0 Å². The van der Waals surface area contributed by atoms with E-state index in [-0.39, 0.29) is 11.8 Å². The molecule has 1 amide bonds. The number of carbonyl (C=O) groups excluding carboxylic acids is 1. The SMILES string of the molecule is CC(C)CCNC(=O)[C@H]1CCN[C@@H](C)C1. The first kappa shape index (κ1) is 12.5. The number of nitrogens with one attached hydrogen (secondary N) is 2. The van der Waals surface area contributed by atoms with Gasteiger partial charge >= 0.3 is 0 Å². The fraction of sp³-hybridized carbons (Fsp3) is 0.917. The fourth-order valence-electron chi connectivity index (χ4n) is 2.00. The highest BCUT2D eigenvalue weighted by Crippen LogP contribution is 2.15. The Morgan fingerprint density at radius 1 is 1.53 bits per heavy atom. The third kappa shape index (κ3) is 4.65. The predicted octanol–water partition coefficient (Wildman–Crippen LogP) is 1.54. The van der Waals surface area contributed by atoms with Crippen molar-refractivity contribution >= 4 is 5.91 Å². The third-order valence-corrected chi connectivity index (χ3v) is 3.02. The smallest absolute Gasteiger partial charge is 0.223 e. The van der Waals surface area contributed by atoms with Gasteiger partial charge in [-0.15, -0.1) is 0 Å². The number of carbonyl (C=O) groups is 1.